The van der Waals surface area contributed by atoms with Crippen LogP contribution < -0.4 is 20.3 Å². The van der Waals surface area contributed by atoms with Crippen molar-refractivity contribution in [3.8, 4) is 22.8 Å². The van der Waals surface area contributed by atoms with Gasteiger partial charge in [-0.2, -0.15) is 5.10 Å². The van der Waals surface area contributed by atoms with Gasteiger partial charge >= 0.3 is 0 Å². The maximum atomic E-state index is 12.2. The average molecular weight is 421 g/mol. The summed E-state index contributed by atoms with van der Waals surface area (Å²) < 4.78 is 12.2. The molecule has 7 nitrogen and oxygen atoms in total. The Kier molecular flexibility index (Phi) is 7.81. The number of benzene rings is 2. The van der Waals surface area contributed by atoms with Gasteiger partial charge in [0.1, 0.15) is 24.7 Å². The number of aromatic nitrogens is 2. The van der Waals surface area contributed by atoms with Crippen molar-refractivity contribution in [1.82, 2.24) is 15.1 Å². The highest BCUT2D eigenvalue weighted by Crippen LogP contribution is 2.17. The second kappa shape index (κ2) is 11.0. The Bertz CT molecular complexity index is 1040. The first-order valence-electron chi connectivity index (χ1n) is 10.4. The number of carbonyl (C=O) groups excluding carboxylic acids is 1. The van der Waals surface area contributed by atoms with E-state index in [0.29, 0.717) is 31.2 Å². The second-order valence-corrected chi connectivity index (χ2v) is 6.87. The van der Waals surface area contributed by atoms with Gasteiger partial charge in [0, 0.05) is 11.6 Å². The minimum Gasteiger partial charge on any atom is -0.494 e. The second-order valence-electron chi connectivity index (χ2n) is 6.87. The van der Waals surface area contributed by atoms with E-state index in [1.807, 2.05) is 55.5 Å². The normalized spacial score (nSPS) is 10.5. The van der Waals surface area contributed by atoms with Gasteiger partial charge in [0.25, 0.3) is 5.56 Å². The van der Waals surface area contributed by atoms with Gasteiger partial charge in [0.2, 0.25) is 5.91 Å². The van der Waals surface area contributed by atoms with Crippen molar-refractivity contribution in [2.24, 2.45) is 0 Å². The van der Waals surface area contributed by atoms with E-state index in [2.05, 4.69) is 17.3 Å². The van der Waals surface area contributed by atoms with Gasteiger partial charge in [-0.1, -0.05) is 31.2 Å². The van der Waals surface area contributed by atoms with E-state index in [-0.39, 0.29) is 18.0 Å². The summed E-state index contributed by atoms with van der Waals surface area (Å²) in [5, 5.41) is 7.08. The number of carbonyl (C=O) groups is 1. The van der Waals surface area contributed by atoms with E-state index < -0.39 is 0 Å². The van der Waals surface area contributed by atoms with Crippen molar-refractivity contribution in [3.05, 3.63) is 76.6 Å². The van der Waals surface area contributed by atoms with Crippen molar-refractivity contribution in [2.45, 2.75) is 26.8 Å². The summed E-state index contributed by atoms with van der Waals surface area (Å²) in [5.74, 6) is 1.17. The Balaban J connectivity index is 1.51. The molecule has 0 radical (unpaired) electrons. The van der Waals surface area contributed by atoms with Gasteiger partial charge < -0.3 is 14.8 Å². The Morgan fingerprint density at radius 1 is 0.935 bits per heavy atom. The number of ether oxygens (including phenoxy) is 2. The molecule has 1 N–H and O–H groups in total. The molecule has 0 unspecified atom stereocenters. The quantitative estimate of drug-likeness (QED) is 0.509. The van der Waals surface area contributed by atoms with Crippen molar-refractivity contribution < 1.29 is 14.3 Å². The molecule has 1 heterocycles. The molecule has 0 saturated heterocycles. The molecule has 31 heavy (non-hydrogen) atoms. The molecule has 3 rings (SSSR count). The lowest BCUT2D eigenvalue weighted by Crippen LogP contribution is -2.35. The van der Waals surface area contributed by atoms with Gasteiger partial charge in [-0.15, -0.1) is 0 Å². The summed E-state index contributed by atoms with van der Waals surface area (Å²) in [5.41, 5.74) is 2.45. The van der Waals surface area contributed by atoms with Crippen LogP contribution in [0.1, 0.15) is 19.4 Å². The Hall–Kier alpha value is -3.61. The minimum atomic E-state index is -0.324. The molecule has 0 aliphatic carbocycles. The highest BCUT2D eigenvalue weighted by Gasteiger charge is 2.08. The topological polar surface area (TPSA) is 82.4 Å². The first-order valence-corrected chi connectivity index (χ1v) is 10.4. The molecule has 0 fully saturated rings. The number of amides is 1. The number of rotatable bonds is 10. The van der Waals surface area contributed by atoms with Crippen molar-refractivity contribution in [3.63, 3.8) is 0 Å². The molecule has 3 aromatic rings. The lowest BCUT2D eigenvalue weighted by Gasteiger charge is -2.10. The largest absolute Gasteiger partial charge is 0.494 e. The third kappa shape index (κ3) is 6.44. The summed E-state index contributed by atoms with van der Waals surface area (Å²) in [6.45, 7) is 5.11. The van der Waals surface area contributed by atoms with E-state index in [1.54, 1.807) is 6.07 Å². The number of hydrogen-bond acceptors (Lipinski definition) is 5. The highest BCUT2D eigenvalue weighted by molar-refractivity contribution is 5.75. The van der Waals surface area contributed by atoms with Crippen LogP contribution in [0.5, 0.6) is 11.5 Å². The van der Waals surface area contributed by atoms with Crippen LogP contribution in [0.3, 0.4) is 0 Å². The average Bonchev–Trinajstić information content (AvgIpc) is 2.79. The van der Waals surface area contributed by atoms with Crippen molar-refractivity contribution in [1.29, 1.82) is 0 Å². The highest BCUT2D eigenvalue weighted by atomic mass is 16.5. The van der Waals surface area contributed by atoms with Crippen molar-refractivity contribution in [2.75, 3.05) is 19.8 Å². The molecule has 1 amide bonds. The Labute approximate surface area is 181 Å². The first-order chi connectivity index (χ1) is 15.1. The fourth-order valence-electron chi connectivity index (χ4n) is 2.98. The van der Waals surface area contributed by atoms with E-state index in [4.69, 9.17) is 9.47 Å². The van der Waals surface area contributed by atoms with Crippen LogP contribution in [-0.4, -0.2) is 35.4 Å². The van der Waals surface area contributed by atoms with E-state index in [1.165, 1.54) is 16.3 Å². The molecule has 1 aromatic heterocycles. The molecule has 0 bridgehead atoms. The molecule has 0 aliphatic heterocycles. The number of hydrogen-bond donors (Lipinski definition) is 1. The number of nitrogens with zero attached hydrogens (tertiary/aromatic N) is 2. The summed E-state index contributed by atoms with van der Waals surface area (Å²) in [7, 11) is 0. The van der Waals surface area contributed by atoms with Crippen LogP contribution in [0.4, 0.5) is 0 Å². The smallest absolute Gasteiger partial charge is 0.267 e. The molecule has 0 atom stereocenters. The Morgan fingerprint density at radius 2 is 1.61 bits per heavy atom. The monoisotopic (exact) mass is 421 g/mol. The van der Waals surface area contributed by atoms with Crippen LogP contribution in [0.2, 0.25) is 0 Å². The molecular formula is C24H27N3O4. The van der Waals surface area contributed by atoms with Crippen LogP contribution in [-0.2, 0) is 17.8 Å². The van der Waals surface area contributed by atoms with Gasteiger partial charge in [0.05, 0.1) is 18.8 Å². The van der Waals surface area contributed by atoms with Crippen LogP contribution in [0.25, 0.3) is 11.3 Å². The Morgan fingerprint density at radius 3 is 2.26 bits per heavy atom. The molecule has 162 valence electrons. The van der Waals surface area contributed by atoms with Crippen molar-refractivity contribution >= 4 is 5.91 Å². The standard InChI is InChI=1S/C24H27N3O4/c1-3-18-5-7-19(8-6-18)22-13-14-24(29)27(26-22)17-23(28)25-15-16-31-21-11-9-20(10-12-21)30-4-2/h5-14H,3-4,15-17H2,1-2H3,(H,25,28). The molecular weight excluding hydrogens is 394 g/mol. The van der Waals surface area contributed by atoms with E-state index >= 15 is 0 Å². The summed E-state index contributed by atoms with van der Waals surface area (Å²) in [6, 6.07) is 18.4. The zero-order chi connectivity index (χ0) is 22.1. The van der Waals surface area contributed by atoms with E-state index in [9.17, 15) is 9.59 Å². The fourth-order valence-corrected chi connectivity index (χ4v) is 2.98. The first kappa shape index (κ1) is 22.1. The molecule has 7 heteroatoms. The van der Waals surface area contributed by atoms with Crippen LogP contribution in [0, 0.1) is 0 Å². The zero-order valence-electron chi connectivity index (χ0n) is 17.8. The molecule has 0 aliphatic rings. The maximum Gasteiger partial charge on any atom is 0.267 e. The van der Waals surface area contributed by atoms with Crippen LogP contribution >= 0.6 is 0 Å². The maximum absolute atomic E-state index is 12.2. The summed E-state index contributed by atoms with van der Waals surface area (Å²) in [6.07, 6.45) is 0.954. The number of nitrogens with one attached hydrogen (secondary N) is 1. The predicted octanol–water partition coefficient (Wildman–Crippen LogP) is 3.07. The minimum absolute atomic E-state index is 0.150. The fraction of sp³-hybridized carbons (Fsp3) is 0.292. The lowest BCUT2D eigenvalue weighted by molar-refractivity contribution is -0.122. The SMILES string of the molecule is CCOc1ccc(OCCNC(=O)Cn2nc(-c3ccc(CC)cc3)ccc2=O)cc1. The zero-order valence-corrected chi connectivity index (χ0v) is 17.8. The molecule has 0 saturated carbocycles. The van der Waals surface area contributed by atoms with Crippen LogP contribution in [0.15, 0.2) is 65.5 Å². The third-order valence-corrected chi connectivity index (χ3v) is 4.65. The lowest BCUT2D eigenvalue weighted by atomic mass is 10.1. The van der Waals surface area contributed by atoms with Gasteiger partial charge in [-0.05, 0) is 49.2 Å². The van der Waals surface area contributed by atoms with Gasteiger partial charge in [-0.25, -0.2) is 4.68 Å². The summed E-state index contributed by atoms with van der Waals surface area (Å²) in [4.78, 5) is 24.4. The van der Waals surface area contributed by atoms with Gasteiger partial charge in [0.15, 0.2) is 0 Å². The van der Waals surface area contributed by atoms with Gasteiger partial charge in [-0.3, -0.25) is 9.59 Å². The third-order valence-electron chi connectivity index (χ3n) is 4.65. The predicted molar refractivity (Wildman–Crippen MR) is 119 cm³/mol. The summed E-state index contributed by atoms with van der Waals surface area (Å²) >= 11 is 0. The molecule has 0 spiro atoms. The number of aryl methyl sites for hydroxylation is 1. The van der Waals surface area contributed by atoms with E-state index in [0.717, 1.165) is 17.7 Å². The molecule has 2 aromatic carbocycles.